The molecule has 0 bridgehead atoms. The molecule has 0 saturated carbocycles. The first-order chi connectivity index (χ1) is 11.8. The average molecular weight is 345 g/mol. The standard InChI is InChI=1S/C16H15N3O6/c1-10(11-3-5-12(6-4-11)18(21)22)16(20)17-14-8-7-13(25-2)9-15(14)19(23)24/h3-10H,1-2H3,(H,17,20)/t10-/m0/s1. The van der Waals surface area contributed by atoms with Crippen LogP contribution in [0, 0.1) is 20.2 Å². The van der Waals surface area contributed by atoms with Crippen LogP contribution in [0.2, 0.25) is 0 Å². The number of methoxy groups -OCH3 is 1. The number of carbonyl (C=O) groups excluding carboxylic acids is 1. The van der Waals surface area contributed by atoms with E-state index in [-0.39, 0.29) is 17.1 Å². The molecule has 1 atom stereocenters. The Hall–Kier alpha value is -3.49. The van der Waals surface area contributed by atoms with Crippen LogP contribution >= 0.6 is 0 Å². The van der Waals surface area contributed by atoms with Crippen LogP contribution in [0.5, 0.6) is 5.75 Å². The van der Waals surface area contributed by atoms with Crippen molar-refractivity contribution in [3.63, 3.8) is 0 Å². The van der Waals surface area contributed by atoms with Gasteiger partial charge in [0.15, 0.2) is 0 Å². The minimum absolute atomic E-state index is 0.0459. The molecule has 0 radical (unpaired) electrons. The van der Waals surface area contributed by atoms with Gasteiger partial charge in [0.2, 0.25) is 5.91 Å². The second-order valence-electron chi connectivity index (χ2n) is 5.20. The number of anilines is 1. The van der Waals surface area contributed by atoms with Crippen molar-refractivity contribution in [3.8, 4) is 5.75 Å². The van der Waals surface area contributed by atoms with Gasteiger partial charge < -0.3 is 10.1 Å². The summed E-state index contributed by atoms with van der Waals surface area (Å²) < 4.78 is 4.94. The van der Waals surface area contributed by atoms with E-state index >= 15 is 0 Å². The molecule has 25 heavy (non-hydrogen) atoms. The maximum Gasteiger partial charge on any atom is 0.296 e. The highest BCUT2D eigenvalue weighted by molar-refractivity contribution is 5.97. The SMILES string of the molecule is COc1ccc(NC(=O)[C@@H](C)c2ccc([N+](=O)[O-])cc2)c([N+](=O)[O-])c1. The molecule has 9 nitrogen and oxygen atoms in total. The first-order valence-electron chi connectivity index (χ1n) is 7.21. The Balaban J connectivity index is 2.21. The number of amides is 1. The first kappa shape index (κ1) is 17.9. The van der Waals surface area contributed by atoms with Crippen LogP contribution in [0.15, 0.2) is 42.5 Å². The number of hydrogen-bond acceptors (Lipinski definition) is 6. The normalized spacial score (nSPS) is 11.4. The predicted octanol–water partition coefficient (Wildman–Crippen LogP) is 3.25. The summed E-state index contributed by atoms with van der Waals surface area (Å²) in [5.74, 6) is -0.822. The molecular formula is C16H15N3O6. The molecule has 0 heterocycles. The number of non-ortho nitro benzene ring substituents is 1. The Morgan fingerprint density at radius 2 is 1.72 bits per heavy atom. The van der Waals surface area contributed by atoms with Crippen LogP contribution in [-0.2, 0) is 4.79 Å². The van der Waals surface area contributed by atoms with E-state index < -0.39 is 21.7 Å². The fourth-order valence-corrected chi connectivity index (χ4v) is 2.17. The van der Waals surface area contributed by atoms with Gasteiger partial charge in [-0.25, -0.2) is 0 Å². The minimum atomic E-state index is -0.650. The molecule has 1 N–H and O–H groups in total. The lowest BCUT2D eigenvalue weighted by Crippen LogP contribution is -2.19. The van der Waals surface area contributed by atoms with Crippen molar-refractivity contribution in [1.82, 2.24) is 0 Å². The highest BCUT2D eigenvalue weighted by Gasteiger charge is 2.21. The topological polar surface area (TPSA) is 125 Å². The lowest BCUT2D eigenvalue weighted by Gasteiger charge is -2.13. The molecule has 2 aromatic rings. The summed E-state index contributed by atoms with van der Waals surface area (Å²) in [5, 5.41) is 24.3. The van der Waals surface area contributed by atoms with Crippen LogP contribution < -0.4 is 10.1 Å². The van der Waals surface area contributed by atoms with E-state index in [9.17, 15) is 25.0 Å². The number of nitrogens with zero attached hydrogens (tertiary/aromatic N) is 2. The Morgan fingerprint density at radius 1 is 1.08 bits per heavy atom. The number of benzene rings is 2. The third-order valence-corrected chi connectivity index (χ3v) is 3.66. The second-order valence-corrected chi connectivity index (χ2v) is 5.20. The van der Waals surface area contributed by atoms with E-state index in [1.807, 2.05) is 0 Å². The molecule has 0 unspecified atom stereocenters. The highest BCUT2D eigenvalue weighted by Crippen LogP contribution is 2.30. The van der Waals surface area contributed by atoms with Crippen molar-refractivity contribution in [2.75, 3.05) is 12.4 Å². The van der Waals surface area contributed by atoms with Crippen molar-refractivity contribution in [2.24, 2.45) is 0 Å². The smallest absolute Gasteiger partial charge is 0.296 e. The van der Waals surface area contributed by atoms with Crippen LogP contribution in [0.4, 0.5) is 17.1 Å². The molecule has 130 valence electrons. The summed E-state index contributed by atoms with van der Waals surface area (Å²) in [6.45, 7) is 1.60. The summed E-state index contributed by atoms with van der Waals surface area (Å²) in [5.41, 5.74) is 0.231. The minimum Gasteiger partial charge on any atom is -0.496 e. The number of hydrogen-bond donors (Lipinski definition) is 1. The van der Waals surface area contributed by atoms with Crippen LogP contribution in [0.25, 0.3) is 0 Å². The molecular weight excluding hydrogens is 330 g/mol. The van der Waals surface area contributed by atoms with Gasteiger partial charge in [-0.1, -0.05) is 12.1 Å². The van der Waals surface area contributed by atoms with Gasteiger partial charge in [-0.15, -0.1) is 0 Å². The third kappa shape index (κ3) is 4.08. The van der Waals surface area contributed by atoms with Gasteiger partial charge in [0.05, 0.1) is 28.9 Å². The number of nitro benzene ring substituents is 2. The van der Waals surface area contributed by atoms with Gasteiger partial charge in [0, 0.05) is 12.1 Å². The van der Waals surface area contributed by atoms with Crippen LogP contribution in [0.1, 0.15) is 18.4 Å². The molecule has 0 aliphatic carbocycles. The molecule has 0 aliphatic heterocycles. The van der Waals surface area contributed by atoms with Gasteiger partial charge in [-0.05, 0) is 24.6 Å². The molecule has 2 rings (SSSR count). The van der Waals surface area contributed by atoms with Crippen molar-refractivity contribution >= 4 is 23.0 Å². The van der Waals surface area contributed by atoms with E-state index in [0.29, 0.717) is 11.3 Å². The molecule has 0 spiro atoms. The Morgan fingerprint density at radius 3 is 2.24 bits per heavy atom. The summed E-state index contributed by atoms with van der Waals surface area (Å²) in [7, 11) is 1.38. The number of carbonyl (C=O) groups is 1. The maximum atomic E-state index is 12.4. The largest absolute Gasteiger partial charge is 0.496 e. The van der Waals surface area contributed by atoms with E-state index in [0.717, 1.165) is 0 Å². The number of nitro groups is 2. The van der Waals surface area contributed by atoms with Gasteiger partial charge in [0.1, 0.15) is 11.4 Å². The van der Waals surface area contributed by atoms with Gasteiger partial charge in [-0.2, -0.15) is 0 Å². The molecule has 2 aromatic carbocycles. The quantitative estimate of drug-likeness (QED) is 0.633. The zero-order chi connectivity index (χ0) is 18.6. The molecule has 0 saturated heterocycles. The number of nitrogens with one attached hydrogen (secondary N) is 1. The lowest BCUT2D eigenvalue weighted by molar-refractivity contribution is -0.384. The van der Waals surface area contributed by atoms with Gasteiger partial charge >= 0.3 is 0 Å². The lowest BCUT2D eigenvalue weighted by atomic mass is 10.00. The average Bonchev–Trinajstić information content (AvgIpc) is 2.61. The van der Waals surface area contributed by atoms with E-state index in [4.69, 9.17) is 4.74 Å². The molecule has 0 fully saturated rings. The predicted molar refractivity (Wildman–Crippen MR) is 89.8 cm³/mol. The Labute approximate surface area is 142 Å². The summed E-state index contributed by atoms with van der Waals surface area (Å²) in [6.07, 6.45) is 0. The number of rotatable bonds is 6. The van der Waals surface area contributed by atoms with Gasteiger partial charge in [0.25, 0.3) is 11.4 Å². The summed E-state index contributed by atoms with van der Waals surface area (Å²) >= 11 is 0. The molecule has 9 heteroatoms. The maximum absolute atomic E-state index is 12.4. The summed E-state index contributed by atoms with van der Waals surface area (Å²) in [6, 6.07) is 9.66. The van der Waals surface area contributed by atoms with Crippen LogP contribution in [0.3, 0.4) is 0 Å². The fourth-order valence-electron chi connectivity index (χ4n) is 2.17. The Kier molecular flexibility index (Phi) is 5.28. The van der Waals surface area contributed by atoms with Crippen molar-refractivity contribution < 1.29 is 19.4 Å². The van der Waals surface area contributed by atoms with Crippen molar-refractivity contribution in [3.05, 3.63) is 68.3 Å². The number of ether oxygens (including phenoxy) is 1. The van der Waals surface area contributed by atoms with Crippen molar-refractivity contribution in [2.45, 2.75) is 12.8 Å². The third-order valence-electron chi connectivity index (χ3n) is 3.66. The summed E-state index contributed by atoms with van der Waals surface area (Å²) in [4.78, 5) is 33.0. The Bertz CT molecular complexity index is 819. The second kappa shape index (κ2) is 7.39. The fraction of sp³-hybridized carbons (Fsp3) is 0.188. The zero-order valence-electron chi connectivity index (χ0n) is 13.5. The van der Waals surface area contributed by atoms with E-state index in [1.165, 1.54) is 49.6 Å². The monoisotopic (exact) mass is 345 g/mol. The zero-order valence-corrected chi connectivity index (χ0v) is 13.5. The van der Waals surface area contributed by atoms with E-state index in [1.54, 1.807) is 6.92 Å². The molecule has 1 amide bonds. The van der Waals surface area contributed by atoms with Gasteiger partial charge in [-0.3, -0.25) is 25.0 Å². The molecule has 0 aliphatic rings. The van der Waals surface area contributed by atoms with E-state index in [2.05, 4.69) is 5.32 Å². The molecule has 0 aromatic heterocycles. The van der Waals surface area contributed by atoms with Crippen molar-refractivity contribution in [1.29, 1.82) is 0 Å². The first-order valence-corrected chi connectivity index (χ1v) is 7.21. The highest BCUT2D eigenvalue weighted by atomic mass is 16.6. The van der Waals surface area contributed by atoms with Crippen LogP contribution in [-0.4, -0.2) is 22.9 Å².